The number of ether oxygens (including phenoxy) is 1. The van der Waals surface area contributed by atoms with Gasteiger partial charge in [0.15, 0.2) is 0 Å². The summed E-state index contributed by atoms with van der Waals surface area (Å²) >= 11 is 0. The summed E-state index contributed by atoms with van der Waals surface area (Å²) in [5.74, 6) is 0.00691. The summed E-state index contributed by atoms with van der Waals surface area (Å²) < 4.78 is 4.97. The molecule has 1 heterocycles. The predicted octanol–water partition coefficient (Wildman–Crippen LogP) is 3.93. The van der Waals surface area contributed by atoms with Crippen molar-refractivity contribution in [2.75, 3.05) is 11.9 Å². The molecule has 3 aromatic rings. The first-order chi connectivity index (χ1) is 13.7. The number of carbonyl (C=O) groups is 2. The normalized spacial score (nSPS) is 10.2. The minimum Gasteiger partial charge on any atom is -0.462 e. The van der Waals surface area contributed by atoms with Crippen molar-refractivity contribution in [1.29, 1.82) is 0 Å². The van der Waals surface area contributed by atoms with Gasteiger partial charge in [0, 0.05) is 24.0 Å². The average Bonchev–Trinajstić information content (AvgIpc) is 2.73. The van der Waals surface area contributed by atoms with Crippen LogP contribution in [0.25, 0.3) is 0 Å². The molecule has 0 saturated carbocycles. The van der Waals surface area contributed by atoms with Gasteiger partial charge in [-0.2, -0.15) is 0 Å². The molecule has 142 valence electrons. The highest BCUT2D eigenvalue weighted by Crippen LogP contribution is 2.17. The first kappa shape index (κ1) is 19.1. The Balaban J connectivity index is 1.62. The van der Waals surface area contributed by atoms with Crippen molar-refractivity contribution in [1.82, 2.24) is 10.3 Å². The summed E-state index contributed by atoms with van der Waals surface area (Å²) in [5, 5.41) is 6.02. The quantitative estimate of drug-likeness (QED) is 0.612. The molecule has 28 heavy (non-hydrogen) atoms. The molecule has 0 radical (unpaired) electrons. The standard InChI is InChI=1S/C22H21N3O3/c1-2-28-22(27)17-8-10-19(11-9-17)25-20-14-18(12-13-23-20)21(26)24-15-16-6-4-3-5-7-16/h3-14H,2,15H2,1H3,(H,23,25)(H,24,26). The number of esters is 1. The number of anilines is 2. The number of amides is 1. The number of nitrogens with one attached hydrogen (secondary N) is 2. The zero-order valence-electron chi connectivity index (χ0n) is 15.5. The van der Waals surface area contributed by atoms with Crippen LogP contribution in [0.1, 0.15) is 33.2 Å². The van der Waals surface area contributed by atoms with Crippen LogP contribution in [0.5, 0.6) is 0 Å². The highest BCUT2D eigenvalue weighted by atomic mass is 16.5. The summed E-state index contributed by atoms with van der Waals surface area (Å²) in [6.45, 7) is 2.56. The maximum Gasteiger partial charge on any atom is 0.338 e. The van der Waals surface area contributed by atoms with Crippen LogP contribution in [0.2, 0.25) is 0 Å². The summed E-state index contributed by atoms with van der Waals surface area (Å²) in [6.07, 6.45) is 1.58. The summed E-state index contributed by atoms with van der Waals surface area (Å²) in [7, 11) is 0. The number of rotatable bonds is 7. The number of benzene rings is 2. The Kier molecular flexibility index (Phi) is 6.36. The molecule has 2 N–H and O–H groups in total. The molecular formula is C22H21N3O3. The van der Waals surface area contributed by atoms with Gasteiger partial charge in [-0.3, -0.25) is 4.79 Å². The zero-order chi connectivity index (χ0) is 19.8. The lowest BCUT2D eigenvalue weighted by Gasteiger charge is -2.09. The van der Waals surface area contributed by atoms with Gasteiger partial charge in [-0.15, -0.1) is 0 Å². The summed E-state index contributed by atoms with van der Waals surface area (Å²) in [5.41, 5.74) is 2.78. The van der Waals surface area contributed by atoms with Crippen LogP contribution in [-0.2, 0) is 11.3 Å². The van der Waals surface area contributed by atoms with Crippen LogP contribution in [0.4, 0.5) is 11.5 Å². The molecule has 6 nitrogen and oxygen atoms in total. The van der Waals surface area contributed by atoms with E-state index in [9.17, 15) is 9.59 Å². The molecule has 0 aliphatic rings. The van der Waals surface area contributed by atoms with Crippen LogP contribution < -0.4 is 10.6 Å². The summed E-state index contributed by atoms with van der Waals surface area (Å²) in [6, 6.07) is 19.9. The molecule has 3 rings (SSSR count). The first-order valence-corrected chi connectivity index (χ1v) is 8.98. The van der Waals surface area contributed by atoms with E-state index in [4.69, 9.17) is 4.74 Å². The highest BCUT2D eigenvalue weighted by Gasteiger charge is 2.08. The largest absolute Gasteiger partial charge is 0.462 e. The molecule has 6 heteroatoms. The lowest BCUT2D eigenvalue weighted by molar-refractivity contribution is 0.0526. The lowest BCUT2D eigenvalue weighted by atomic mass is 10.2. The molecule has 1 aromatic heterocycles. The van der Waals surface area contributed by atoms with E-state index in [0.29, 0.717) is 30.1 Å². The van der Waals surface area contributed by atoms with Crippen molar-refractivity contribution < 1.29 is 14.3 Å². The predicted molar refractivity (Wildman–Crippen MR) is 108 cm³/mol. The maximum atomic E-state index is 12.4. The molecule has 0 unspecified atom stereocenters. The first-order valence-electron chi connectivity index (χ1n) is 8.98. The maximum absolute atomic E-state index is 12.4. The molecule has 0 bridgehead atoms. The summed E-state index contributed by atoms with van der Waals surface area (Å²) in [4.78, 5) is 28.3. The van der Waals surface area contributed by atoms with Crippen molar-refractivity contribution >= 4 is 23.4 Å². The van der Waals surface area contributed by atoms with Crippen molar-refractivity contribution in [3.63, 3.8) is 0 Å². The van der Waals surface area contributed by atoms with Crippen molar-refractivity contribution in [2.45, 2.75) is 13.5 Å². The fourth-order valence-electron chi connectivity index (χ4n) is 2.57. The van der Waals surface area contributed by atoms with E-state index in [1.807, 2.05) is 30.3 Å². The van der Waals surface area contributed by atoms with Gasteiger partial charge in [-0.1, -0.05) is 30.3 Å². The minimum absolute atomic E-state index is 0.174. The number of aromatic nitrogens is 1. The Morgan fingerprint density at radius 2 is 1.71 bits per heavy atom. The van der Waals surface area contributed by atoms with Crippen molar-refractivity contribution in [2.24, 2.45) is 0 Å². The molecular weight excluding hydrogens is 354 g/mol. The minimum atomic E-state index is -0.357. The van der Waals surface area contributed by atoms with Gasteiger partial charge in [0.1, 0.15) is 5.82 Å². The molecule has 1 amide bonds. The van der Waals surface area contributed by atoms with E-state index in [1.165, 1.54) is 0 Å². The van der Waals surface area contributed by atoms with E-state index in [1.54, 1.807) is 49.5 Å². The van der Waals surface area contributed by atoms with Gasteiger partial charge < -0.3 is 15.4 Å². The van der Waals surface area contributed by atoms with Crippen molar-refractivity contribution in [3.05, 3.63) is 89.6 Å². The zero-order valence-corrected chi connectivity index (χ0v) is 15.5. The Morgan fingerprint density at radius 3 is 2.43 bits per heavy atom. The van der Waals surface area contributed by atoms with Gasteiger partial charge >= 0.3 is 5.97 Å². The Labute approximate surface area is 163 Å². The smallest absolute Gasteiger partial charge is 0.338 e. The van der Waals surface area contributed by atoms with Crippen molar-refractivity contribution in [3.8, 4) is 0 Å². The second-order valence-corrected chi connectivity index (χ2v) is 6.02. The third kappa shape index (κ3) is 5.17. The second kappa shape index (κ2) is 9.32. The van der Waals surface area contributed by atoms with E-state index in [-0.39, 0.29) is 11.9 Å². The molecule has 0 fully saturated rings. The molecule has 0 spiro atoms. The number of hydrogen-bond acceptors (Lipinski definition) is 5. The van der Waals surface area contributed by atoms with E-state index in [2.05, 4.69) is 15.6 Å². The van der Waals surface area contributed by atoms with Gasteiger partial charge in [-0.05, 0) is 48.9 Å². The molecule has 0 saturated heterocycles. The molecule has 0 aliphatic heterocycles. The van der Waals surface area contributed by atoms with Gasteiger partial charge in [0.25, 0.3) is 5.91 Å². The van der Waals surface area contributed by atoms with E-state index in [0.717, 1.165) is 11.3 Å². The Morgan fingerprint density at radius 1 is 0.964 bits per heavy atom. The van der Waals surface area contributed by atoms with E-state index < -0.39 is 0 Å². The third-order valence-electron chi connectivity index (χ3n) is 3.99. The number of carbonyl (C=O) groups excluding carboxylic acids is 2. The number of nitrogens with zero attached hydrogens (tertiary/aromatic N) is 1. The highest BCUT2D eigenvalue weighted by molar-refractivity contribution is 5.95. The van der Waals surface area contributed by atoms with Crippen LogP contribution >= 0.6 is 0 Å². The Bertz CT molecular complexity index is 941. The van der Waals surface area contributed by atoms with Crippen LogP contribution in [0, 0.1) is 0 Å². The number of hydrogen-bond donors (Lipinski definition) is 2. The van der Waals surface area contributed by atoms with Gasteiger partial charge in [0.2, 0.25) is 0 Å². The third-order valence-corrected chi connectivity index (χ3v) is 3.99. The monoisotopic (exact) mass is 375 g/mol. The second-order valence-electron chi connectivity index (χ2n) is 6.02. The van der Waals surface area contributed by atoms with Crippen LogP contribution in [0.3, 0.4) is 0 Å². The molecule has 0 atom stereocenters. The fourth-order valence-corrected chi connectivity index (χ4v) is 2.57. The molecule has 2 aromatic carbocycles. The SMILES string of the molecule is CCOC(=O)c1ccc(Nc2cc(C(=O)NCc3ccccc3)ccn2)cc1. The van der Waals surface area contributed by atoms with Gasteiger partial charge in [-0.25, -0.2) is 9.78 Å². The Hall–Kier alpha value is -3.67. The number of pyridine rings is 1. The van der Waals surface area contributed by atoms with Gasteiger partial charge in [0.05, 0.1) is 12.2 Å². The van der Waals surface area contributed by atoms with Crippen LogP contribution in [-0.4, -0.2) is 23.5 Å². The molecule has 0 aliphatic carbocycles. The lowest BCUT2D eigenvalue weighted by Crippen LogP contribution is -2.22. The van der Waals surface area contributed by atoms with Crippen LogP contribution in [0.15, 0.2) is 72.9 Å². The average molecular weight is 375 g/mol. The van der Waals surface area contributed by atoms with E-state index >= 15 is 0 Å². The fraction of sp³-hybridized carbons (Fsp3) is 0.136. The topological polar surface area (TPSA) is 80.3 Å².